The molecular formula is C15H24ClN3O. The zero-order chi connectivity index (χ0) is 13.8. The molecule has 0 radical (unpaired) electrons. The number of nitrogens with two attached hydrogens (primary N) is 1. The van der Waals surface area contributed by atoms with E-state index in [-0.39, 0.29) is 18.3 Å². The maximum Gasteiger partial charge on any atom is 0.224 e. The number of likely N-dealkylation sites (N-methyl/N-ethyl adjacent to an activating group) is 1. The van der Waals surface area contributed by atoms with Crippen molar-refractivity contribution in [3.8, 4) is 0 Å². The molecule has 0 aromatic heterocycles. The van der Waals surface area contributed by atoms with Gasteiger partial charge in [-0.15, -0.1) is 12.4 Å². The van der Waals surface area contributed by atoms with Crippen LogP contribution in [0.2, 0.25) is 0 Å². The van der Waals surface area contributed by atoms with Crippen molar-refractivity contribution in [2.24, 2.45) is 0 Å². The van der Waals surface area contributed by atoms with Crippen molar-refractivity contribution in [3.05, 3.63) is 29.8 Å². The second kappa shape index (κ2) is 7.50. The molecule has 0 heterocycles. The van der Waals surface area contributed by atoms with Crippen LogP contribution in [0.15, 0.2) is 24.3 Å². The van der Waals surface area contributed by atoms with Gasteiger partial charge < -0.3 is 11.1 Å². The number of rotatable bonds is 6. The zero-order valence-corrected chi connectivity index (χ0v) is 13.0. The number of nitrogens with one attached hydrogen (secondary N) is 1. The van der Waals surface area contributed by atoms with Gasteiger partial charge in [-0.1, -0.05) is 12.1 Å². The number of nitrogens with zero attached hydrogens (tertiary/aromatic N) is 1. The summed E-state index contributed by atoms with van der Waals surface area (Å²) in [4.78, 5) is 14.2. The van der Waals surface area contributed by atoms with Crippen molar-refractivity contribution in [3.63, 3.8) is 0 Å². The van der Waals surface area contributed by atoms with Gasteiger partial charge in [0.1, 0.15) is 0 Å². The summed E-state index contributed by atoms with van der Waals surface area (Å²) in [6, 6.07) is 8.59. The highest BCUT2D eigenvalue weighted by molar-refractivity contribution is 5.85. The Labute approximate surface area is 127 Å². The first kappa shape index (κ1) is 16.8. The lowest BCUT2D eigenvalue weighted by Gasteiger charge is -2.24. The number of carbonyl (C=O) groups is 1. The van der Waals surface area contributed by atoms with Crippen LogP contribution < -0.4 is 11.1 Å². The summed E-state index contributed by atoms with van der Waals surface area (Å²) >= 11 is 0. The Morgan fingerprint density at radius 3 is 2.80 bits per heavy atom. The van der Waals surface area contributed by atoms with Gasteiger partial charge in [-0.2, -0.15) is 0 Å². The van der Waals surface area contributed by atoms with Crippen LogP contribution in [-0.2, 0) is 11.2 Å². The van der Waals surface area contributed by atoms with Gasteiger partial charge in [-0.3, -0.25) is 9.69 Å². The smallest absolute Gasteiger partial charge is 0.224 e. The second-order valence-electron chi connectivity index (χ2n) is 5.47. The fourth-order valence-corrected chi connectivity index (χ4v) is 2.20. The molecule has 5 heteroatoms. The first-order valence-corrected chi connectivity index (χ1v) is 6.89. The maximum atomic E-state index is 11.9. The maximum absolute atomic E-state index is 11.9. The van der Waals surface area contributed by atoms with E-state index in [9.17, 15) is 4.79 Å². The van der Waals surface area contributed by atoms with E-state index in [1.807, 2.05) is 24.3 Å². The standard InChI is InChI=1S/C15H23N3O.ClH/c1-11(18(2)14-6-7-14)10-17-15(19)9-12-4-3-5-13(16)8-12;/h3-5,8,11,14H,6-7,9-10,16H2,1-2H3,(H,17,19);1H. The largest absolute Gasteiger partial charge is 0.399 e. The van der Waals surface area contributed by atoms with Crippen molar-refractivity contribution < 1.29 is 4.79 Å². The summed E-state index contributed by atoms with van der Waals surface area (Å²) in [5.41, 5.74) is 7.36. The molecule has 1 fully saturated rings. The average molecular weight is 298 g/mol. The summed E-state index contributed by atoms with van der Waals surface area (Å²) in [7, 11) is 2.13. The first-order chi connectivity index (χ1) is 9.06. The van der Waals surface area contributed by atoms with Gasteiger partial charge in [-0.05, 0) is 44.5 Å². The van der Waals surface area contributed by atoms with Crippen molar-refractivity contribution in [2.45, 2.75) is 38.3 Å². The Hall–Kier alpha value is -1.26. The highest BCUT2D eigenvalue weighted by atomic mass is 35.5. The lowest BCUT2D eigenvalue weighted by molar-refractivity contribution is -0.120. The monoisotopic (exact) mass is 297 g/mol. The number of hydrogen-bond acceptors (Lipinski definition) is 3. The van der Waals surface area contributed by atoms with E-state index in [0.29, 0.717) is 24.7 Å². The molecule has 112 valence electrons. The molecule has 0 aliphatic heterocycles. The van der Waals surface area contributed by atoms with Crippen LogP contribution in [0.3, 0.4) is 0 Å². The Kier molecular flexibility index (Phi) is 6.30. The number of hydrogen-bond donors (Lipinski definition) is 2. The Bertz CT molecular complexity index is 448. The molecule has 2 rings (SSSR count). The molecule has 1 unspecified atom stereocenters. The van der Waals surface area contributed by atoms with Gasteiger partial charge in [0.25, 0.3) is 0 Å². The Balaban J connectivity index is 0.00000200. The van der Waals surface area contributed by atoms with E-state index in [2.05, 4.69) is 24.2 Å². The second-order valence-corrected chi connectivity index (χ2v) is 5.47. The molecule has 1 saturated carbocycles. The fraction of sp³-hybridized carbons (Fsp3) is 0.533. The van der Waals surface area contributed by atoms with E-state index < -0.39 is 0 Å². The third kappa shape index (κ3) is 5.02. The van der Waals surface area contributed by atoms with E-state index >= 15 is 0 Å². The van der Waals surface area contributed by atoms with Crippen molar-refractivity contribution in [2.75, 3.05) is 19.3 Å². The SMILES string of the molecule is CC(CNC(=O)Cc1cccc(N)c1)N(C)C1CC1.Cl. The van der Waals surface area contributed by atoms with E-state index in [1.165, 1.54) is 12.8 Å². The predicted molar refractivity (Wildman–Crippen MR) is 85.1 cm³/mol. The molecule has 1 aromatic carbocycles. The van der Waals surface area contributed by atoms with Gasteiger partial charge >= 0.3 is 0 Å². The third-order valence-corrected chi connectivity index (χ3v) is 3.73. The summed E-state index contributed by atoms with van der Waals surface area (Å²) < 4.78 is 0. The number of benzene rings is 1. The molecule has 0 saturated heterocycles. The van der Waals surface area contributed by atoms with Crippen LogP contribution >= 0.6 is 12.4 Å². The topological polar surface area (TPSA) is 58.4 Å². The van der Waals surface area contributed by atoms with Gasteiger partial charge in [0.05, 0.1) is 6.42 Å². The first-order valence-electron chi connectivity index (χ1n) is 6.89. The normalized spacial score (nSPS) is 15.6. The highest BCUT2D eigenvalue weighted by Crippen LogP contribution is 2.26. The van der Waals surface area contributed by atoms with Crippen molar-refractivity contribution in [1.82, 2.24) is 10.2 Å². The van der Waals surface area contributed by atoms with Crippen LogP contribution in [0.4, 0.5) is 5.69 Å². The molecule has 1 atom stereocenters. The molecule has 20 heavy (non-hydrogen) atoms. The van der Waals surface area contributed by atoms with Crippen LogP contribution in [0.1, 0.15) is 25.3 Å². The molecular weight excluding hydrogens is 274 g/mol. The average Bonchev–Trinajstić information content (AvgIpc) is 3.19. The molecule has 1 amide bonds. The molecule has 4 nitrogen and oxygen atoms in total. The minimum absolute atomic E-state index is 0. The number of halogens is 1. The summed E-state index contributed by atoms with van der Waals surface area (Å²) in [5.74, 6) is 0.0571. The van der Waals surface area contributed by atoms with Gasteiger partial charge in [0.15, 0.2) is 0 Å². The van der Waals surface area contributed by atoms with Crippen LogP contribution in [0.5, 0.6) is 0 Å². The number of anilines is 1. The number of nitrogen functional groups attached to an aromatic ring is 1. The Morgan fingerprint density at radius 2 is 2.20 bits per heavy atom. The summed E-state index contributed by atoms with van der Waals surface area (Å²) in [6.07, 6.45) is 2.97. The lowest BCUT2D eigenvalue weighted by Crippen LogP contribution is -2.41. The number of carbonyl (C=O) groups excluding carboxylic acids is 1. The van der Waals surface area contributed by atoms with Crippen molar-refractivity contribution >= 4 is 24.0 Å². The van der Waals surface area contributed by atoms with Crippen molar-refractivity contribution in [1.29, 1.82) is 0 Å². The van der Waals surface area contributed by atoms with E-state index in [1.54, 1.807) is 0 Å². The van der Waals surface area contributed by atoms with E-state index in [4.69, 9.17) is 5.73 Å². The molecule has 3 N–H and O–H groups in total. The van der Waals surface area contributed by atoms with Gasteiger partial charge in [0.2, 0.25) is 5.91 Å². The Morgan fingerprint density at radius 1 is 1.50 bits per heavy atom. The van der Waals surface area contributed by atoms with Gasteiger partial charge in [0, 0.05) is 24.3 Å². The van der Waals surface area contributed by atoms with E-state index in [0.717, 1.165) is 11.6 Å². The fourth-order valence-electron chi connectivity index (χ4n) is 2.20. The summed E-state index contributed by atoms with van der Waals surface area (Å²) in [6.45, 7) is 2.85. The molecule has 1 aliphatic rings. The molecule has 1 aliphatic carbocycles. The predicted octanol–water partition coefficient (Wildman–Crippen LogP) is 1.83. The lowest BCUT2D eigenvalue weighted by atomic mass is 10.1. The zero-order valence-electron chi connectivity index (χ0n) is 12.1. The van der Waals surface area contributed by atoms with Crippen LogP contribution in [0, 0.1) is 0 Å². The third-order valence-electron chi connectivity index (χ3n) is 3.73. The molecule has 0 bridgehead atoms. The van der Waals surface area contributed by atoms with Crippen LogP contribution in [0.25, 0.3) is 0 Å². The minimum atomic E-state index is 0. The minimum Gasteiger partial charge on any atom is -0.399 e. The van der Waals surface area contributed by atoms with Crippen LogP contribution in [-0.4, -0.2) is 36.5 Å². The quantitative estimate of drug-likeness (QED) is 0.788. The van der Waals surface area contributed by atoms with Gasteiger partial charge in [-0.25, -0.2) is 0 Å². The molecule has 0 spiro atoms. The highest BCUT2D eigenvalue weighted by Gasteiger charge is 2.29. The summed E-state index contributed by atoms with van der Waals surface area (Å²) in [5, 5.41) is 2.99. The number of amides is 1. The molecule has 1 aromatic rings.